The summed E-state index contributed by atoms with van der Waals surface area (Å²) in [6, 6.07) is 7.04. The van der Waals surface area contributed by atoms with Crippen molar-refractivity contribution in [1.29, 1.82) is 0 Å². The Morgan fingerprint density at radius 1 is 1.27 bits per heavy atom. The second-order valence-electron chi connectivity index (χ2n) is 4.01. The molecule has 0 spiro atoms. The summed E-state index contributed by atoms with van der Waals surface area (Å²) in [4.78, 5) is 22.8. The molecule has 0 radical (unpaired) electrons. The molecule has 78 valence electrons. The molecule has 1 aliphatic rings. The van der Waals surface area contributed by atoms with Gasteiger partial charge in [-0.25, -0.2) is 0 Å². The maximum absolute atomic E-state index is 11.6. The molecule has 15 heavy (non-hydrogen) atoms. The van der Waals surface area contributed by atoms with Crippen molar-refractivity contribution in [2.75, 3.05) is 5.73 Å². The van der Waals surface area contributed by atoms with Gasteiger partial charge in [-0.2, -0.15) is 0 Å². The normalized spacial score (nSPS) is 25.4. The van der Waals surface area contributed by atoms with Crippen LogP contribution in [0.2, 0.25) is 0 Å². The maximum Gasteiger partial charge on any atom is 0.237 e. The van der Waals surface area contributed by atoms with E-state index in [0.717, 1.165) is 5.56 Å². The van der Waals surface area contributed by atoms with Gasteiger partial charge in [-0.15, -0.1) is 0 Å². The number of amides is 2. The third-order valence-corrected chi connectivity index (χ3v) is 2.82. The topological polar surface area (TPSA) is 72.2 Å². The molecule has 1 saturated heterocycles. The lowest BCUT2D eigenvalue weighted by Gasteiger charge is -2.19. The standard InChI is InChI=1S/C11H12N2O2/c1-11(6-9(14)13-10(11)15)7-2-4-8(12)5-3-7/h2-5H,6,12H2,1H3,(H,13,14,15)/t11-/m1/s1. The van der Waals surface area contributed by atoms with Crippen molar-refractivity contribution in [3.63, 3.8) is 0 Å². The summed E-state index contributed by atoms with van der Waals surface area (Å²) < 4.78 is 0. The van der Waals surface area contributed by atoms with Crippen molar-refractivity contribution in [3.8, 4) is 0 Å². The van der Waals surface area contributed by atoms with Gasteiger partial charge in [-0.1, -0.05) is 12.1 Å². The highest BCUT2D eigenvalue weighted by Crippen LogP contribution is 2.31. The Balaban J connectivity index is 2.41. The molecule has 1 aliphatic heterocycles. The lowest BCUT2D eigenvalue weighted by molar-refractivity contribution is -0.126. The van der Waals surface area contributed by atoms with Gasteiger partial charge in [-0.05, 0) is 24.6 Å². The van der Waals surface area contributed by atoms with Crippen LogP contribution in [0.25, 0.3) is 0 Å². The van der Waals surface area contributed by atoms with E-state index in [-0.39, 0.29) is 18.2 Å². The monoisotopic (exact) mass is 204 g/mol. The lowest BCUT2D eigenvalue weighted by Crippen LogP contribution is -2.32. The fourth-order valence-corrected chi connectivity index (χ4v) is 1.79. The van der Waals surface area contributed by atoms with Crippen molar-refractivity contribution in [1.82, 2.24) is 5.32 Å². The number of anilines is 1. The van der Waals surface area contributed by atoms with Gasteiger partial charge in [0, 0.05) is 12.1 Å². The number of imide groups is 1. The predicted octanol–water partition coefficient (Wildman–Crippen LogP) is 0.573. The second-order valence-corrected chi connectivity index (χ2v) is 4.01. The molecular weight excluding hydrogens is 192 g/mol. The first-order valence-electron chi connectivity index (χ1n) is 4.73. The van der Waals surface area contributed by atoms with Gasteiger partial charge in [0.05, 0.1) is 5.41 Å². The van der Waals surface area contributed by atoms with Gasteiger partial charge >= 0.3 is 0 Å². The van der Waals surface area contributed by atoms with Crippen molar-refractivity contribution in [3.05, 3.63) is 29.8 Å². The van der Waals surface area contributed by atoms with Gasteiger partial charge in [0.15, 0.2) is 0 Å². The van der Waals surface area contributed by atoms with Crippen LogP contribution in [0.5, 0.6) is 0 Å². The van der Waals surface area contributed by atoms with Crippen LogP contribution in [-0.2, 0) is 15.0 Å². The van der Waals surface area contributed by atoms with Crippen LogP contribution in [-0.4, -0.2) is 11.8 Å². The molecule has 1 fully saturated rings. The molecule has 0 unspecified atom stereocenters. The Labute approximate surface area is 87.5 Å². The van der Waals surface area contributed by atoms with Gasteiger partial charge in [0.25, 0.3) is 0 Å². The number of nitrogens with two attached hydrogens (primary N) is 1. The summed E-state index contributed by atoms with van der Waals surface area (Å²) >= 11 is 0. The third kappa shape index (κ3) is 1.48. The van der Waals surface area contributed by atoms with E-state index in [1.54, 1.807) is 31.2 Å². The predicted molar refractivity (Wildman–Crippen MR) is 56.0 cm³/mol. The average molecular weight is 204 g/mol. The van der Waals surface area contributed by atoms with Crippen LogP contribution in [0.15, 0.2) is 24.3 Å². The van der Waals surface area contributed by atoms with Crippen LogP contribution in [0.1, 0.15) is 18.9 Å². The number of nitrogen functional groups attached to an aromatic ring is 1. The van der Waals surface area contributed by atoms with Gasteiger partial charge < -0.3 is 5.73 Å². The number of rotatable bonds is 1. The molecule has 0 aliphatic carbocycles. The van der Waals surface area contributed by atoms with Crippen molar-refractivity contribution < 1.29 is 9.59 Å². The fraction of sp³-hybridized carbons (Fsp3) is 0.273. The molecule has 1 aromatic carbocycles. The number of carbonyl (C=O) groups is 2. The zero-order valence-corrected chi connectivity index (χ0v) is 8.41. The Hall–Kier alpha value is -1.84. The molecule has 1 heterocycles. The van der Waals surface area contributed by atoms with E-state index in [4.69, 9.17) is 5.73 Å². The number of hydrogen-bond acceptors (Lipinski definition) is 3. The molecule has 4 nitrogen and oxygen atoms in total. The highest BCUT2D eigenvalue weighted by molar-refractivity contribution is 6.08. The zero-order valence-electron chi connectivity index (χ0n) is 8.41. The smallest absolute Gasteiger partial charge is 0.237 e. The Bertz CT molecular complexity index is 425. The molecule has 2 rings (SSSR count). The summed E-state index contributed by atoms with van der Waals surface area (Å²) in [6.45, 7) is 1.76. The molecular formula is C11H12N2O2. The summed E-state index contributed by atoms with van der Waals surface area (Å²) in [5.74, 6) is -0.461. The van der Waals surface area contributed by atoms with Crippen molar-refractivity contribution >= 4 is 17.5 Å². The minimum absolute atomic E-state index is 0.204. The molecule has 2 amide bonds. The minimum Gasteiger partial charge on any atom is -0.399 e. The number of hydrogen-bond donors (Lipinski definition) is 2. The van der Waals surface area contributed by atoms with Gasteiger partial charge in [-0.3, -0.25) is 14.9 Å². The maximum atomic E-state index is 11.6. The van der Waals surface area contributed by atoms with Crippen LogP contribution in [0.4, 0.5) is 5.69 Å². The number of nitrogens with one attached hydrogen (secondary N) is 1. The first-order valence-corrected chi connectivity index (χ1v) is 4.73. The van der Waals surface area contributed by atoms with E-state index in [0.29, 0.717) is 5.69 Å². The Morgan fingerprint density at radius 2 is 1.87 bits per heavy atom. The highest BCUT2D eigenvalue weighted by atomic mass is 16.2. The van der Waals surface area contributed by atoms with Crippen molar-refractivity contribution in [2.24, 2.45) is 0 Å². The molecule has 0 saturated carbocycles. The van der Waals surface area contributed by atoms with Crippen molar-refractivity contribution in [2.45, 2.75) is 18.8 Å². The van der Waals surface area contributed by atoms with E-state index < -0.39 is 5.41 Å². The molecule has 1 aromatic rings. The Morgan fingerprint density at radius 3 is 2.33 bits per heavy atom. The fourth-order valence-electron chi connectivity index (χ4n) is 1.79. The highest BCUT2D eigenvalue weighted by Gasteiger charge is 2.43. The second kappa shape index (κ2) is 3.08. The van der Waals surface area contributed by atoms with Crippen LogP contribution < -0.4 is 11.1 Å². The van der Waals surface area contributed by atoms with E-state index >= 15 is 0 Å². The summed E-state index contributed by atoms with van der Waals surface area (Å²) in [7, 11) is 0. The number of carbonyl (C=O) groups excluding carboxylic acids is 2. The minimum atomic E-state index is -0.745. The summed E-state index contributed by atoms with van der Waals surface area (Å²) in [5.41, 5.74) is 6.28. The molecule has 0 bridgehead atoms. The number of benzene rings is 1. The first-order chi connectivity index (χ1) is 7.02. The average Bonchev–Trinajstić information content (AvgIpc) is 2.42. The van der Waals surface area contributed by atoms with Crippen LogP contribution in [0.3, 0.4) is 0 Å². The zero-order chi connectivity index (χ0) is 11.1. The summed E-state index contributed by atoms with van der Waals surface area (Å²) in [5, 5.41) is 2.31. The van der Waals surface area contributed by atoms with E-state index in [1.165, 1.54) is 0 Å². The largest absolute Gasteiger partial charge is 0.399 e. The van der Waals surface area contributed by atoms with Crippen LogP contribution in [0, 0.1) is 0 Å². The lowest BCUT2D eigenvalue weighted by atomic mass is 9.81. The van der Waals surface area contributed by atoms with Crippen LogP contribution >= 0.6 is 0 Å². The van der Waals surface area contributed by atoms with Gasteiger partial charge in [0.1, 0.15) is 0 Å². The Kier molecular flexibility index (Phi) is 2.00. The molecule has 4 heteroatoms. The summed E-state index contributed by atoms with van der Waals surface area (Å²) in [6.07, 6.45) is 0.204. The molecule has 0 aromatic heterocycles. The quantitative estimate of drug-likeness (QED) is 0.519. The molecule has 3 N–H and O–H groups in total. The van der Waals surface area contributed by atoms with E-state index in [9.17, 15) is 9.59 Å². The SMILES string of the molecule is C[C@]1(c2ccc(N)cc2)CC(=O)NC1=O. The third-order valence-electron chi connectivity index (χ3n) is 2.82. The first kappa shape index (κ1) is 9.71. The van der Waals surface area contributed by atoms with E-state index in [1.807, 2.05) is 0 Å². The van der Waals surface area contributed by atoms with E-state index in [2.05, 4.69) is 5.32 Å². The van der Waals surface area contributed by atoms with Gasteiger partial charge in [0.2, 0.25) is 11.8 Å². The molecule has 1 atom stereocenters.